The zero-order valence-electron chi connectivity index (χ0n) is 16.9. The van der Waals surface area contributed by atoms with Crippen LogP contribution in [0.5, 0.6) is 0 Å². The van der Waals surface area contributed by atoms with E-state index in [4.69, 9.17) is 0 Å². The van der Waals surface area contributed by atoms with E-state index < -0.39 is 0 Å². The predicted octanol–water partition coefficient (Wildman–Crippen LogP) is 3.15. The average Bonchev–Trinajstić information content (AvgIpc) is 3.09. The Morgan fingerprint density at radius 1 is 1.24 bits per heavy atom. The minimum Gasteiger partial charge on any atom is -0.299 e. The molecule has 2 heterocycles. The average molecular weight is 389 g/mol. The highest BCUT2D eigenvalue weighted by Gasteiger charge is 2.47. The molecule has 2 aromatic rings. The monoisotopic (exact) mass is 389 g/mol. The van der Waals surface area contributed by atoms with Gasteiger partial charge in [0.05, 0.1) is 0 Å². The molecule has 0 saturated carbocycles. The van der Waals surface area contributed by atoms with Gasteiger partial charge in [0, 0.05) is 36.8 Å². The van der Waals surface area contributed by atoms with Crippen LogP contribution in [0.2, 0.25) is 0 Å². The van der Waals surface area contributed by atoms with Gasteiger partial charge in [0.15, 0.2) is 0 Å². The number of aromatic nitrogens is 1. The van der Waals surface area contributed by atoms with Crippen molar-refractivity contribution in [1.82, 2.24) is 15.2 Å². The van der Waals surface area contributed by atoms with E-state index in [0.717, 1.165) is 18.5 Å². The van der Waals surface area contributed by atoms with E-state index in [1.54, 1.807) is 6.20 Å². The highest BCUT2D eigenvalue weighted by Crippen LogP contribution is 2.51. The van der Waals surface area contributed by atoms with Gasteiger partial charge in [0.1, 0.15) is 0 Å². The van der Waals surface area contributed by atoms with Crippen molar-refractivity contribution in [2.24, 2.45) is 17.8 Å². The van der Waals surface area contributed by atoms with Gasteiger partial charge >= 0.3 is 0 Å². The maximum Gasteiger partial charge on any atom is 0.230 e. The summed E-state index contributed by atoms with van der Waals surface area (Å²) in [6.45, 7) is 3.07. The van der Waals surface area contributed by atoms with E-state index in [1.165, 1.54) is 16.7 Å². The van der Waals surface area contributed by atoms with Gasteiger partial charge in [-0.3, -0.25) is 24.8 Å². The Labute approximate surface area is 171 Å². The van der Waals surface area contributed by atoms with Crippen LogP contribution in [0.4, 0.5) is 0 Å². The molecule has 1 aliphatic carbocycles. The van der Waals surface area contributed by atoms with Crippen molar-refractivity contribution in [2.75, 3.05) is 13.6 Å². The van der Waals surface area contributed by atoms with Crippen LogP contribution in [0, 0.1) is 17.8 Å². The number of pyridine rings is 1. The quantitative estimate of drug-likeness (QED) is 0.630. The molecular weight excluding hydrogens is 362 g/mol. The summed E-state index contributed by atoms with van der Waals surface area (Å²) >= 11 is 0. The molecule has 4 rings (SSSR count). The predicted molar refractivity (Wildman–Crippen MR) is 112 cm³/mol. The van der Waals surface area contributed by atoms with Crippen LogP contribution >= 0.6 is 0 Å². The van der Waals surface area contributed by atoms with E-state index in [0.29, 0.717) is 12.8 Å². The number of amides is 2. The van der Waals surface area contributed by atoms with Crippen molar-refractivity contribution >= 4 is 12.3 Å². The van der Waals surface area contributed by atoms with Crippen molar-refractivity contribution < 1.29 is 9.59 Å². The molecular formula is C24H27N3O2. The number of rotatable bonds is 5. The summed E-state index contributed by atoms with van der Waals surface area (Å²) in [7, 11) is 2.16. The molecule has 2 aliphatic rings. The van der Waals surface area contributed by atoms with Crippen LogP contribution < -0.4 is 5.32 Å². The molecule has 4 atom stereocenters. The van der Waals surface area contributed by atoms with Crippen LogP contribution in [0.3, 0.4) is 0 Å². The largest absolute Gasteiger partial charge is 0.299 e. The first-order valence-corrected chi connectivity index (χ1v) is 10.2. The molecule has 1 aromatic carbocycles. The number of carbonyl (C=O) groups is 2. The Morgan fingerprint density at radius 3 is 2.72 bits per heavy atom. The Balaban J connectivity index is 1.76. The summed E-state index contributed by atoms with van der Waals surface area (Å²) in [5.41, 5.74) is 5.20. The van der Waals surface area contributed by atoms with Gasteiger partial charge in [0.25, 0.3) is 0 Å². The molecule has 0 radical (unpaired) electrons. The SMILES string of the molecule is CC1C(C(=O)NC=O)CC(Cc2cccnc2)=C2CN(C)C(c3ccccc3)C21. The number of benzene rings is 1. The van der Waals surface area contributed by atoms with Gasteiger partial charge in [-0.15, -0.1) is 0 Å². The Bertz CT molecular complexity index is 910. The molecule has 1 aromatic heterocycles. The summed E-state index contributed by atoms with van der Waals surface area (Å²) in [6.07, 6.45) is 5.67. The summed E-state index contributed by atoms with van der Waals surface area (Å²) in [5, 5.41) is 2.41. The molecule has 5 nitrogen and oxygen atoms in total. The first kappa shape index (κ1) is 19.5. The maximum absolute atomic E-state index is 12.7. The van der Waals surface area contributed by atoms with Crippen molar-refractivity contribution in [3.8, 4) is 0 Å². The first-order valence-electron chi connectivity index (χ1n) is 10.2. The molecule has 150 valence electrons. The summed E-state index contributed by atoms with van der Waals surface area (Å²) in [5.74, 6) is 0.0258. The molecule has 1 fully saturated rings. The van der Waals surface area contributed by atoms with Crippen LogP contribution in [0.1, 0.15) is 30.5 Å². The highest BCUT2D eigenvalue weighted by molar-refractivity contribution is 5.88. The molecule has 29 heavy (non-hydrogen) atoms. The number of hydrogen-bond acceptors (Lipinski definition) is 4. The van der Waals surface area contributed by atoms with E-state index >= 15 is 0 Å². The summed E-state index contributed by atoms with van der Waals surface area (Å²) < 4.78 is 0. The normalized spacial score (nSPS) is 26.8. The number of carbonyl (C=O) groups excluding carboxylic acids is 2. The molecule has 0 bridgehead atoms. The highest BCUT2D eigenvalue weighted by atomic mass is 16.2. The van der Waals surface area contributed by atoms with Crippen molar-refractivity contribution in [2.45, 2.75) is 25.8 Å². The lowest BCUT2D eigenvalue weighted by atomic mass is 9.66. The lowest BCUT2D eigenvalue weighted by Gasteiger charge is -2.38. The van der Waals surface area contributed by atoms with E-state index in [-0.39, 0.29) is 29.7 Å². The van der Waals surface area contributed by atoms with Crippen LogP contribution in [-0.4, -0.2) is 35.8 Å². The third kappa shape index (κ3) is 3.75. The minimum absolute atomic E-state index is 0.151. The number of nitrogens with one attached hydrogen (secondary N) is 1. The molecule has 1 N–H and O–H groups in total. The number of likely N-dealkylation sites (tertiary alicyclic amines) is 1. The van der Waals surface area contributed by atoms with Crippen molar-refractivity contribution in [1.29, 1.82) is 0 Å². The van der Waals surface area contributed by atoms with Crippen LogP contribution in [-0.2, 0) is 16.0 Å². The number of nitrogens with zero attached hydrogens (tertiary/aromatic N) is 2. The molecule has 1 aliphatic heterocycles. The zero-order chi connectivity index (χ0) is 20.4. The second-order valence-electron chi connectivity index (χ2n) is 8.26. The Kier molecular flexibility index (Phi) is 5.58. The van der Waals surface area contributed by atoms with Crippen molar-refractivity contribution in [3.05, 3.63) is 77.1 Å². The van der Waals surface area contributed by atoms with E-state index in [9.17, 15) is 9.59 Å². The van der Waals surface area contributed by atoms with Crippen LogP contribution in [0.15, 0.2) is 66.0 Å². The number of hydrogen-bond donors (Lipinski definition) is 1. The van der Waals surface area contributed by atoms with Gasteiger partial charge in [0.2, 0.25) is 12.3 Å². The van der Waals surface area contributed by atoms with Gasteiger partial charge in [-0.2, -0.15) is 0 Å². The van der Waals surface area contributed by atoms with Gasteiger partial charge in [-0.1, -0.05) is 54.5 Å². The fourth-order valence-corrected chi connectivity index (χ4v) is 5.27. The molecule has 1 saturated heterocycles. The smallest absolute Gasteiger partial charge is 0.230 e. The molecule has 0 spiro atoms. The lowest BCUT2D eigenvalue weighted by molar-refractivity contribution is -0.130. The van der Waals surface area contributed by atoms with Gasteiger partial charge in [-0.25, -0.2) is 0 Å². The number of allylic oxidation sites excluding steroid dienone is 1. The van der Waals surface area contributed by atoms with Gasteiger partial charge in [-0.05, 0) is 43.0 Å². The minimum atomic E-state index is -0.210. The van der Waals surface area contributed by atoms with Gasteiger partial charge < -0.3 is 0 Å². The second-order valence-corrected chi connectivity index (χ2v) is 8.26. The third-order valence-electron chi connectivity index (χ3n) is 6.58. The van der Waals surface area contributed by atoms with E-state index in [2.05, 4.69) is 59.5 Å². The standard InChI is InChI=1S/C24H27N3O2/c1-16-20(24(29)26-15-28)12-19(11-17-7-6-10-25-13-17)21-14-27(2)23(22(16)21)18-8-4-3-5-9-18/h3-10,13,15-16,20,22-23H,11-12,14H2,1-2H3,(H,26,28,29). The van der Waals surface area contributed by atoms with E-state index in [1.807, 2.05) is 18.3 Å². The van der Waals surface area contributed by atoms with Crippen molar-refractivity contribution in [3.63, 3.8) is 0 Å². The molecule has 2 amide bonds. The number of fused-ring (bicyclic) bond motifs is 1. The lowest BCUT2D eigenvalue weighted by Crippen LogP contribution is -2.40. The third-order valence-corrected chi connectivity index (χ3v) is 6.58. The first-order chi connectivity index (χ1) is 14.1. The maximum atomic E-state index is 12.7. The number of likely N-dealkylation sites (N-methyl/N-ethyl adjacent to an activating group) is 1. The Hall–Kier alpha value is -2.79. The number of imide groups is 1. The molecule has 4 unspecified atom stereocenters. The summed E-state index contributed by atoms with van der Waals surface area (Å²) in [6, 6.07) is 14.8. The Morgan fingerprint density at radius 2 is 2.03 bits per heavy atom. The zero-order valence-corrected chi connectivity index (χ0v) is 16.9. The topological polar surface area (TPSA) is 62.3 Å². The fourth-order valence-electron chi connectivity index (χ4n) is 5.27. The fraction of sp³-hybridized carbons (Fsp3) is 0.375. The van der Waals surface area contributed by atoms with Crippen LogP contribution in [0.25, 0.3) is 0 Å². The summed E-state index contributed by atoms with van der Waals surface area (Å²) in [4.78, 5) is 30.3. The second kappa shape index (κ2) is 8.29. The molecule has 5 heteroatoms.